The van der Waals surface area contributed by atoms with Crippen molar-refractivity contribution < 1.29 is 0 Å². The van der Waals surface area contributed by atoms with E-state index in [1.807, 2.05) is 36.4 Å². The fraction of sp³-hybridized carbons (Fsp3) is 0.0667. The third kappa shape index (κ3) is 2.07. The molecule has 18 heavy (non-hydrogen) atoms. The lowest BCUT2D eigenvalue weighted by molar-refractivity contribution is 1.29. The predicted molar refractivity (Wildman–Crippen MR) is 77.7 cm³/mol. The summed E-state index contributed by atoms with van der Waals surface area (Å²) in [5.74, 6) is 0. The van der Waals surface area contributed by atoms with Gasteiger partial charge in [0.1, 0.15) is 0 Å². The van der Waals surface area contributed by atoms with Crippen LogP contribution in [-0.4, -0.2) is 6.54 Å². The average molecular weight is 257 g/mol. The van der Waals surface area contributed by atoms with Crippen LogP contribution in [0.25, 0.3) is 0 Å². The third-order valence-electron chi connectivity index (χ3n) is 2.92. The monoisotopic (exact) mass is 256 g/mol. The summed E-state index contributed by atoms with van der Waals surface area (Å²) < 4.78 is 0. The molecule has 0 spiro atoms. The SMILES string of the molecule is Clc1ccc2c(c1)N(c1ccccc1)C=CCN2. The minimum atomic E-state index is 0.742. The Morgan fingerprint density at radius 3 is 2.72 bits per heavy atom. The molecule has 0 fully saturated rings. The zero-order chi connectivity index (χ0) is 12.4. The molecule has 3 heteroatoms. The molecular formula is C15H13ClN2. The summed E-state index contributed by atoms with van der Waals surface area (Å²) >= 11 is 6.10. The number of para-hydroxylation sites is 1. The van der Waals surface area contributed by atoms with E-state index in [9.17, 15) is 0 Å². The van der Waals surface area contributed by atoms with Crippen molar-refractivity contribution in [2.24, 2.45) is 0 Å². The lowest BCUT2D eigenvalue weighted by atomic mass is 10.2. The molecular weight excluding hydrogens is 244 g/mol. The molecule has 2 nitrogen and oxygen atoms in total. The number of anilines is 3. The molecule has 90 valence electrons. The van der Waals surface area contributed by atoms with Crippen LogP contribution >= 0.6 is 11.6 Å². The van der Waals surface area contributed by atoms with E-state index in [1.165, 1.54) is 0 Å². The normalized spacial score (nSPS) is 13.7. The first-order valence-electron chi connectivity index (χ1n) is 5.89. The average Bonchev–Trinajstić information content (AvgIpc) is 2.61. The van der Waals surface area contributed by atoms with E-state index >= 15 is 0 Å². The number of rotatable bonds is 1. The van der Waals surface area contributed by atoms with Gasteiger partial charge in [-0.15, -0.1) is 0 Å². The number of hydrogen-bond acceptors (Lipinski definition) is 2. The van der Waals surface area contributed by atoms with E-state index in [0.717, 1.165) is 28.6 Å². The van der Waals surface area contributed by atoms with Crippen LogP contribution in [0.4, 0.5) is 17.1 Å². The summed E-state index contributed by atoms with van der Waals surface area (Å²) in [6, 6.07) is 16.1. The summed E-state index contributed by atoms with van der Waals surface area (Å²) in [5, 5.41) is 4.11. The smallest absolute Gasteiger partial charge is 0.0702 e. The maximum atomic E-state index is 6.10. The van der Waals surface area contributed by atoms with Crippen LogP contribution in [0.2, 0.25) is 5.02 Å². The molecule has 3 rings (SSSR count). The molecule has 0 aromatic heterocycles. The maximum Gasteiger partial charge on any atom is 0.0702 e. The number of nitrogens with zero attached hydrogens (tertiary/aromatic N) is 1. The topological polar surface area (TPSA) is 15.3 Å². The highest BCUT2D eigenvalue weighted by Gasteiger charge is 2.13. The Morgan fingerprint density at radius 2 is 1.89 bits per heavy atom. The number of fused-ring (bicyclic) bond motifs is 1. The highest BCUT2D eigenvalue weighted by Crippen LogP contribution is 2.35. The zero-order valence-electron chi connectivity index (χ0n) is 9.81. The van der Waals surface area contributed by atoms with E-state index in [1.54, 1.807) is 0 Å². The Kier molecular flexibility index (Phi) is 2.95. The second-order valence-electron chi connectivity index (χ2n) is 4.13. The van der Waals surface area contributed by atoms with Crippen LogP contribution < -0.4 is 10.2 Å². The Morgan fingerprint density at radius 1 is 1.06 bits per heavy atom. The van der Waals surface area contributed by atoms with Crippen molar-refractivity contribution in [2.75, 3.05) is 16.8 Å². The molecule has 1 aliphatic rings. The molecule has 2 aromatic rings. The van der Waals surface area contributed by atoms with Crippen molar-refractivity contribution in [3.05, 3.63) is 65.8 Å². The summed E-state index contributed by atoms with van der Waals surface area (Å²) in [6.07, 6.45) is 4.17. The van der Waals surface area contributed by atoms with Gasteiger partial charge in [0.2, 0.25) is 0 Å². The van der Waals surface area contributed by atoms with E-state index in [2.05, 4.69) is 34.6 Å². The van der Waals surface area contributed by atoms with E-state index in [0.29, 0.717) is 0 Å². The summed E-state index contributed by atoms with van der Waals surface area (Å²) in [4.78, 5) is 2.14. The molecule has 2 aromatic carbocycles. The number of nitrogens with one attached hydrogen (secondary N) is 1. The van der Waals surface area contributed by atoms with Crippen molar-refractivity contribution in [1.29, 1.82) is 0 Å². The van der Waals surface area contributed by atoms with Gasteiger partial charge in [0, 0.05) is 23.5 Å². The van der Waals surface area contributed by atoms with Crippen LogP contribution in [-0.2, 0) is 0 Å². The van der Waals surface area contributed by atoms with Gasteiger partial charge in [0.25, 0.3) is 0 Å². The van der Waals surface area contributed by atoms with Gasteiger partial charge in [-0.3, -0.25) is 0 Å². The molecule has 0 atom stereocenters. The molecule has 0 aliphatic carbocycles. The molecule has 0 saturated heterocycles. The number of hydrogen-bond donors (Lipinski definition) is 1. The van der Waals surface area contributed by atoms with Crippen molar-refractivity contribution >= 4 is 28.7 Å². The first kappa shape index (κ1) is 11.2. The fourth-order valence-electron chi connectivity index (χ4n) is 2.07. The number of halogens is 1. The predicted octanol–water partition coefficient (Wildman–Crippen LogP) is 4.42. The molecule has 0 unspecified atom stereocenters. The van der Waals surface area contributed by atoms with Crippen LogP contribution in [0.15, 0.2) is 60.8 Å². The van der Waals surface area contributed by atoms with Gasteiger partial charge in [-0.05, 0) is 36.4 Å². The van der Waals surface area contributed by atoms with E-state index in [4.69, 9.17) is 11.6 Å². The van der Waals surface area contributed by atoms with Gasteiger partial charge in [0.15, 0.2) is 0 Å². The molecule has 1 N–H and O–H groups in total. The second-order valence-corrected chi connectivity index (χ2v) is 4.57. The van der Waals surface area contributed by atoms with Crippen molar-refractivity contribution in [1.82, 2.24) is 0 Å². The Balaban J connectivity index is 2.13. The summed E-state index contributed by atoms with van der Waals surface area (Å²) in [6.45, 7) is 0.817. The fourth-order valence-corrected chi connectivity index (χ4v) is 2.24. The lowest BCUT2D eigenvalue weighted by Crippen LogP contribution is -2.08. The first-order valence-corrected chi connectivity index (χ1v) is 6.27. The molecule has 0 bridgehead atoms. The van der Waals surface area contributed by atoms with Gasteiger partial charge in [-0.1, -0.05) is 29.8 Å². The van der Waals surface area contributed by atoms with Crippen LogP contribution in [0.3, 0.4) is 0 Å². The second kappa shape index (κ2) is 4.75. The quantitative estimate of drug-likeness (QED) is 0.813. The molecule has 0 amide bonds. The van der Waals surface area contributed by atoms with Crippen molar-refractivity contribution in [2.45, 2.75) is 0 Å². The van der Waals surface area contributed by atoms with E-state index in [-0.39, 0.29) is 0 Å². The molecule has 0 radical (unpaired) electrons. The minimum absolute atomic E-state index is 0.742. The first-order chi connectivity index (χ1) is 8.84. The highest BCUT2D eigenvalue weighted by molar-refractivity contribution is 6.31. The van der Waals surface area contributed by atoms with Gasteiger partial charge in [0.05, 0.1) is 11.4 Å². The summed E-state index contributed by atoms with van der Waals surface area (Å²) in [7, 11) is 0. The standard InChI is InChI=1S/C15H13ClN2/c16-12-7-8-14-15(11-12)18(10-4-9-17-14)13-5-2-1-3-6-13/h1-8,10-11,17H,9H2. The van der Waals surface area contributed by atoms with Crippen LogP contribution in [0, 0.1) is 0 Å². The Labute approximate surface area is 112 Å². The molecule has 1 heterocycles. The highest BCUT2D eigenvalue weighted by atomic mass is 35.5. The molecule has 0 saturated carbocycles. The van der Waals surface area contributed by atoms with Crippen molar-refractivity contribution in [3.8, 4) is 0 Å². The lowest BCUT2D eigenvalue weighted by Gasteiger charge is -2.22. The van der Waals surface area contributed by atoms with Gasteiger partial charge < -0.3 is 10.2 Å². The van der Waals surface area contributed by atoms with E-state index < -0.39 is 0 Å². The van der Waals surface area contributed by atoms with Gasteiger partial charge in [-0.2, -0.15) is 0 Å². The summed E-state index contributed by atoms with van der Waals surface area (Å²) in [5.41, 5.74) is 3.29. The van der Waals surface area contributed by atoms with Gasteiger partial charge in [-0.25, -0.2) is 0 Å². The third-order valence-corrected chi connectivity index (χ3v) is 3.15. The largest absolute Gasteiger partial charge is 0.380 e. The van der Waals surface area contributed by atoms with Crippen LogP contribution in [0.1, 0.15) is 0 Å². The number of benzene rings is 2. The maximum absolute atomic E-state index is 6.10. The Bertz CT molecular complexity index is 578. The van der Waals surface area contributed by atoms with Gasteiger partial charge >= 0.3 is 0 Å². The van der Waals surface area contributed by atoms with Crippen molar-refractivity contribution in [3.63, 3.8) is 0 Å². The zero-order valence-corrected chi connectivity index (χ0v) is 10.6. The van der Waals surface area contributed by atoms with Crippen LogP contribution in [0.5, 0.6) is 0 Å². The minimum Gasteiger partial charge on any atom is -0.380 e. The molecule has 1 aliphatic heterocycles. The Hall–Kier alpha value is -1.93.